The van der Waals surface area contributed by atoms with Gasteiger partial charge in [0.2, 0.25) is 0 Å². The monoisotopic (exact) mass is 583 g/mol. The number of aliphatic hydroxyl groups excluding tert-OH is 1. The Kier molecular flexibility index (Phi) is 12.2. The number of nitrogens with zero attached hydrogens (tertiary/aromatic N) is 1. The average Bonchev–Trinajstić information content (AvgIpc) is 2.97. The van der Waals surface area contributed by atoms with Crippen LogP contribution in [0.5, 0.6) is 5.75 Å². The van der Waals surface area contributed by atoms with E-state index in [0.717, 1.165) is 0 Å². The topological polar surface area (TPSA) is 139 Å². The Hall–Kier alpha value is -3.88. The van der Waals surface area contributed by atoms with Gasteiger partial charge in [0, 0.05) is 23.8 Å². The SMILES string of the molecule is CCOC(=O)C1=C(COCCNCC(O)COc2ccccc2C#N)NC(C)=C(C(=O)OC)C1c1ccccc1Cl. The Morgan fingerprint density at radius 3 is 2.59 bits per heavy atom. The second kappa shape index (κ2) is 15.8. The minimum absolute atomic E-state index is 0.0177. The largest absolute Gasteiger partial charge is 0.489 e. The Bertz CT molecular complexity index is 1340. The third-order valence-corrected chi connectivity index (χ3v) is 6.59. The molecule has 0 saturated carbocycles. The van der Waals surface area contributed by atoms with E-state index in [4.69, 9.17) is 35.8 Å². The molecule has 2 aromatic carbocycles. The van der Waals surface area contributed by atoms with Crippen LogP contribution in [0.15, 0.2) is 71.1 Å². The van der Waals surface area contributed by atoms with E-state index < -0.39 is 24.0 Å². The van der Waals surface area contributed by atoms with E-state index in [1.165, 1.54) is 7.11 Å². The van der Waals surface area contributed by atoms with Crippen LogP contribution in [0.1, 0.15) is 30.9 Å². The van der Waals surface area contributed by atoms with Gasteiger partial charge in [-0.15, -0.1) is 0 Å². The molecule has 1 aliphatic rings. The lowest BCUT2D eigenvalue weighted by Crippen LogP contribution is -2.36. The van der Waals surface area contributed by atoms with Crippen molar-refractivity contribution >= 4 is 23.5 Å². The van der Waals surface area contributed by atoms with Crippen molar-refractivity contribution in [2.24, 2.45) is 0 Å². The summed E-state index contributed by atoms with van der Waals surface area (Å²) in [4.78, 5) is 26.0. The van der Waals surface area contributed by atoms with Crippen molar-refractivity contribution in [3.8, 4) is 11.8 Å². The molecule has 10 nitrogen and oxygen atoms in total. The number of ether oxygens (including phenoxy) is 4. The van der Waals surface area contributed by atoms with Gasteiger partial charge in [0.05, 0.1) is 55.3 Å². The van der Waals surface area contributed by atoms with Crippen molar-refractivity contribution in [1.29, 1.82) is 5.26 Å². The summed E-state index contributed by atoms with van der Waals surface area (Å²) in [5, 5.41) is 26.0. The Morgan fingerprint density at radius 1 is 1.15 bits per heavy atom. The molecule has 11 heteroatoms. The number of allylic oxidation sites excluding steroid dienone is 1. The summed E-state index contributed by atoms with van der Waals surface area (Å²) in [6.07, 6.45) is -0.805. The van der Waals surface area contributed by atoms with Gasteiger partial charge in [-0.1, -0.05) is 41.9 Å². The van der Waals surface area contributed by atoms with Crippen molar-refractivity contribution in [3.63, 3.8) is 0 Å². The summed E-state index contributed by atoms with van der Waals surface area (Å²) in [6.45, 7) is 4.51. The number of hydrogen-bond acceptors (Lipinski definition) is 10. The highest BCUT2D eigenvalue weighted by atomic mass is 35.5. The minimum Gasteiger partial charge on any atom is -0.489 e. The molecule has 3 N–H and O–H groups in total. The van der Waals surface area contributed by atoms with Crippen LogP contribution in [-0.4, -0.2) is 69.8 Å². The highest BCUT2D eigenvalue weighted by Gasteiger charge is 2.39. The highest BCUT2D eigenvalue weighted by Crippen LogP contribution is 2.41. The van der Waals surface area contributed by atoms with E-state index in [1.54, 1.807) is 62.4 Å². The first-order chi connectivity index (χ1) is 19.8. The fourth-order valence-corrected chi connectivity index (χ4v) is 4.62. The molecule has 0 fully saturated rings. The number of aliphatic hydroxyl groups is 1. The lowest BCUT2D eigenvalue weighted by Gasteiger charge is -2.31. The fraction of sp³-hybridized carbons (Fsp3) is 0.367. The molecular formula is C30H34ClN3O7. The number of halogens is 1. The summed E-state index contributed by atoms with van der Waals surface area (Å²) >= 11 is 6.52. The summed E-state index contributed by atoms with van der Waals surface area (Å²) in [5.74, 6) is -1.60. The normalized spacial score (nSPS) is 15.6. The smallest absolute Gasteiger partial charge is 0.336 e. The van der Waals surface area contributed by atoms with Crippen LogP contribution >= 0.6 is 11.6 Å². The standard InChI is InChI=1S/C30H34ClN3O7/c1-4-40-30(37)28-24(34-19(2)26(29(36)38-3)27(28)22-10-6-7-11-23(22)31)18-39-14-13-33-16-21(35)17-41-25-12-8-5-9-20(25)15-32/h5-12,21,27,33-35H,4,13-14,16-18H2,1-3H3. The molecular weight excluding hydrogens is 550 g/mol. The third-order valence-electron chi connectivity index (χ3n) is 6.25. The molecule has 218 valence electrons. The van der Waals surface area contributed by atoms with Gasteiger partial charge in [-0.2, -0.15) is 5.26 Å². The van der Waals surface area contributed by atoms with Crippen LogP contribution in [0.25, 0.3) is 0 Å². The number of esters is 2. The molecule has 0 aliphatic carbocycles. The molecule has 0 spiro atoms. The molecule has 2 aromatic rings. The Balaban J connectivity index is 1.65. The molecule has 3 rings (SSSR count). The first-order valence-corrected chi connectivity index (χ1v) is 13.5. The van der Waals surface area contributed by atoms with Crippen molar-refractivity contribution in [1.82, 2.24) is 10.6 Å². The van der Waals surface area contributed by atoms with Gasteiger partial charge in [-0.3, -0.25) is 0 Å². The Labute approximate surface area is 244 Å². The minimum atomic E-state index is -0.825. The summed E-state index contributed by atoms with van der Waals surface area (Å²) in [7, 11) is 1.28. The zero-order valence-electron chi connectivity index (χ0n) is 23.2. The second-order valence-corrected chi connectivity index (χ2v) is 9.46. The number of nitriles is 1. The van der Waals surface area contributed by atoms with Crippen LogP contribution in [0.3, 0.4) is 0 Å². The molecule has 2 atom stereocenters. The fourth-order valence-electron chi connectivity index (χ4n) is 4.38. The van der Waals surface area contributed by atoms with Crippen LogP contribution in [0.2, 0.25) is 5.02 Å². The maximum Gasteiger partial charge on any atom is 0.336 e. The van der Waals surface area contributed by atoms with E-state index in [-0.39, 0.29) is 44.1 Å². The first-order valence-electron chi connectivity index (χ1n) is 13.1. The first kappa shape index (κ1) is 31.6. The second-order valence-electron chi connectivity index (χ2n) is 9.05. The van der Waals surface area contributed by atoms with Gasteiger partial charge in [-0.05, 0) is 37.6 Å². The number of rotatable bonds is 14. The van der Waals surface area contributed by atoms with E-state index in [0.29, 0.717) is 39.8 Å². The van der Waals surface area contributed by atoms with Gasteiger partial charge < -0.3 is 34.7 Å². The number of carbonyl (C=O) groups excluding carboxylic acids is 2. The van der Waals surface area contributed by atoms with Crippen molar-refractivity contribution in [2.45, 2.75) is 25.9 Å². The molecule has 2 unspecified atom stereocenters. The molecule has 0 bridgehead atoms. The summed E-state index contributed by atoms with van der Waals surface area (Å²) in [5.41, 5.74) is 2.38. The van der Waals surface area contributed by atoms with Crippen molar-refractivity contribution < 1.29 is 33.6 Å². The number of dihydropyridines is 1. The predicted molar refractivity (Wildman–Crippen MR) is 152 cm³/mol. The number of nitrogens with one attached hydrogen (secondary N) is 2. The molecule has 0 saturated heterocycles. The average molecular weight is 584 g/mol. The Morgan fingerprint density at radius 2 is 1.88 bits per heavy atom. The molecule has 0 aromatic heterocycles. The number of para-hydroxylation sites is 1. The zero-order chi connectivity index (χ0) is 29.8. The molecule has 0 amide bonds. The van der Waals surface area contributed by atoms with Gasteiger partial charge >= 0.3 is 11.9 Å². The predicted octanol–water partition coefficient (Wildman–Crippen LogP) is 3.21. The quantitative estimate of drug-likeness (QED) is 0.224. The summed E-state index contributed by atoms with van der Waals surface area (Å²) < 4.78 is 21.8. The van der Waals surface area contributed by atoms with Crippen LogP contribution in [-0.2, 0) is 23.8 Å². The molecule has 41 heavy (non-hydrogen) atoms. The maximum absolute atomic E-state index is 13.2. The highest BCUT2D eigenvalue weighted by molar-refractivity contribution is 6.31. The number of methoxy groups -OCH3 is 1. The van der Waals surface area contributed by atoms with Crippen LogP contribution in [0, 0.1) is 11.3 Å². The van der Waals surface area contributed by atoms with Crippen molar-refractivity contribution in [2.75, 3.05) is 46.6 Å². The lowest BCUT2D eigenvalue weighted by atomic mass is 9.80. The molecule has 0 radical (unpaired) electrons. The number of hydrogen-bond donors (Lipinski definition) is 3. The zero-order valence-corrected chi connectivity index (χ0v) is 24.0. The van der Waals surface area contributed by atoms with Gasteiger partial charge in [0.25, 0.3) is 0 Å². The van der Waals surface area contributed by atoms with E-state index in [1.807, 2.05) is 6.07 Å². The van der Waals surface area contributed by atoms with Crippen LogP contribution < -0.4 is 15.4 Å². The number of carbonyl (C=O) groups is 2. The van der Waals surface area contributed by atoms with Crippen LogP contribution in [0.4, 0.5) is 0 Å². The maximum atomic E-state index is 13.2. The van der Waals surface area contributed by atoms with Crippen molar-refractivity contribution in [3.05, 3.63) is 87.2 Å². The lowest BCUT2D eigenvalue weighted by molar-refractivity contribution is -0.139. The number of benzene rings is 2. The van der Waals surface area contributed by atoms with E-state index in [2.05, 4.69) is 10.6 Å². The summed E-state index contributed by atoms with van der Waals surface area (Å²) in [6, 6.07) is 15.8. The molecule has 1 heterocycles. The van der Waals surface area contributed by atoms with E-state index in [9.17, 15) is 14.7 Å². The van der Waals surface area contributed by atoms with Gasteiger partial charge in [0.15, 0.2) is 0 Å². The molecule has 1 aliphatic heterocycles. The van der Waals surface area contributed by atoms with Gasteiger partial charge in [0.1, 0.15) is 24.5 Å². The third kappa shape index (κ3) is 8.31. The van der Waals surface area contributed by atoms with E-state index >= 15 is 0 Å². The van der Waals surface area contributed by atoms with Gasteiger partial charge in [-0.25, -0.2) is 9.59 Å².